The Hall–Kier alpha value is -1.58. The van der Waals surface area contributed by atoms with Crippen LogP contribution in [-0.4, -0.2) is 21.5 Å². The second-order valence-corrected chi connectivity index (χ2v) is 10.2. The molecular weight excluding hydrogens is 336 g/mol. The van der Waals surface area contributed by atoms with Gasteiger partial charge in [0.25, 0.3) is 6.47 Å². The minimum absolute atomic E-state index is 0.250. The molecule has 0 spiro atoms. The molecule has 0 amide bonds. The molecule has 146 valence electrons. The van der Waals surface area contributed by atoms with Gasteiger partial charge in [-0.05, 0) is 99.2 Å². The molecule has 6 aliphatic rings. The van der Waals surface area contributed by atoms with Crippen molar-refractivity contribution >= 4 is 6.47 Å². The Balaban J connectivity index is 0.000000504. The number of hydrogen-bond acceptors (Lipinski definition) is 2. The van der Waals surface area contributed by atoms with E-state index in [9.17, 15) is 0 Å². The number of rotatable bonds is 4. The topological polar surface area (TPSA) is 66.0 Å². The van der Waals surface area contributed by atoms with Crippen molar-refractivity contribution < 1.29 is 9.90 Å². The zero-order valence-corrected chi connectivity index (χ0v) is 16.1. The van der Waals surface area contributed by atoms with Gasteiger partial charge in [-0.1, -0.05) is 12.2 Å². The first-order valence-corrected chi connectivity index (χ1v) is 11.0. The van der Waals surface area contributed by atoms with Gasteiger partial charge in [0.15, 0.2) is 0 Å². The van der Waals surface area contributed by atoms with E-state index < -0.39 is 0 Å². The second-order valence-electron chi connectivity index (χ2n) is 10.2. The number of H-pyrrole nitrogens is 1. The third-order valence-electron chi connectivity index (χ3n) is 8.37. The molecule has 6 aliphatic carbocycles. The number of imidazole rings is 1. The van der Waals surface area contributed by atoms with E-state index in [0.717, 1.165) is 29.6 Å². The highest BCUT2D eigenvalue weighted by molar-refractivity contribution is 5.32. The molecule has 27 heavy (non-hydrogen) atoms. The summed E-state index contributed by atoms with van der Waals surface area (Å²) in [5.41, 5.74) is 2.11. The average molecular weight is 369 g/mol. The van der Waals surface area contributed by atoms with Crippen molar-refractivity contribution in [3.63, 3.8) is 0 Å². The van der Waals surface area contributed by atoms with Gasteiger partial charge in [0.2, 0.25) is 0 Å². The van der Waals surface area contributed by atoms with Crippen molar-refractivity contribution in [3.05, 3.63) is 29.9 Å². The number of nitrogens with one attached hydrogen (secondary N) is 1. The maximum absolute atomic E-state index is 8.36. The fraction of sp³-hybridized carbons (Fsp3) is 0.739. The Morgan fingerprint density at radius 1 is 1.07 bits per heavy atom. The van der Waals surface area contributed by atoms with E-state index in [1.807, 2.05) is 0 Å². The first-order chi connectivity index (χ1) is 13.2. The summed E-state index contributed by atoms with van der Waals surface area (Å²) in [6.07, 6.45) is 21.7. The zero-order valence-electron chi connectivity index (χ0n) is 16.1. The number of nitrogens with zero attached hydrogens (tertiary/aromatic N) is 1. The van der Waals surface area contributed by atoms with Crippen molar-refractivity contribution in [2.24, 2.45) is 35.0 Å². The van der Waals surface area contributed by atoms with Gasteiger partial charge in [0.05, 0.1) is 0 Å². The number of hydrogen-bond donors (Lipinski definition) is 2. The van der Waals surface area contributed by atoms with Crippen molar-refractivity contribution in [1.29, 1.82) is 0 Å². The largest absolute Gasteiger partial charge is 0.483 e. The number of aromatic nitrogens is 2. The Morgan fingerprint density at radius 3 is 2.30 bits per heavy atom. The molecule has 1 aromatic heterocycles. The van der Waals surface area contributed by atoms with Crippen molar-refractivity contribution in [1.82, 2.24) is 9.97 Å². The molecule has 6 bridgehead atoms. The summed E-state index contributed by atoms with van der Waals surface area (Å²) in [6.45, 7) is -0.250. The smallest absolute Gasteiger partial charge is 0.290 e. The molecule has 2 N–H and O–H groups in total. The summed E-state index contributed by atoms with van der Waals surface area (Å²) in [7, 11) is 0. The number of fused-ring (bicyclic) bond motifs is 2. The Labute approximate surface area is 161 Å². The summed E-state index contributed by atoms with van der Waals surface area (Å²) in [5.74, 6) is 6.79. The molecule has 0 saturated heterocycles. The average Bonchev–Trinajstić information content (AvgIpc) is 3.36. The lowest BCUT2D eigenvalue weighted by Crippen LogP contribution is -2.46. The Kier molecular flexibility index (Phi) is 4.40. The molecule has 1 aromatic rings. The van der Waals surface area contributed by atoms with Gasteiger partial charge in [-0.25, -0.2) is 4.98 Å². The fourth-order valence-electron chi connectivity index (χ4n) is 7.78. The van der Waals surface area contributed by atoms with Crippen LogP contribution in [0.2, 0.25) is 0 Å². The Bertz CT molecular complexity index is 686. The molecule has 0 aromatic carbocycles. The van der Waals surface area contributed by atoms with Crippen LogP contribution in [0.15, 0.2) is 18.3 Å². The standard InChI is InChI=1S/C22H30N2.CH2O2/c1-2-18-8-14(1)9-20(18)21-23-13-19(24-21)3-4-22-10-15-5-16(11-22)7-17(6-15)12-22;2-1-3/h1-2,13-18,20H,3-12H2,(H,23,24);1H,(H,2,3). The van der Waals surface area contributed by atoms with Gasteiger partial charge >= 0.3 is 0 Å². The van der Waals surface area contributed by atoms with Gasteiger partial charge in [0, 0.05) is 17.8 Å². The van der Waals surface area contributed by atoms with Crippen LogP contribution < -0.4 is 0 Å². The molecule has 4 heteroatoms. The maximum atomic E-state index is 8.36. The number of aryl methyl sites for hydroxylation is 1. The van der Waals surface area contributed by atoms with E-state index in [1.165, 1.54) is 56.5 Å². The van der Waals surface area contributed by atoms with Gasteiger partial charge < -0.3 is 10.1 Å². The van der Waals surface area contributed by atoms with Crippen LogP contribution in [0.25, 0.3) is 0 Å². The van der Waals surface area contributed by atoms with E-state index in [0.29, 0.717) is 11.3 Å². The van der Waals surface area contributed by atoms with E-state index in [-0.39, 0.29) is 6.47 Å². The van der Waals surface area contributed by atoms with Gasteiger partial charge in [-0.15, -0.1) is 0 Å². The Morgan fingerprint density at radius 2 is 1.74 bits per heavy atom. The minimum atomic E-state index is -0.250. The molecule has 0 aliphatic heterocycles. The predicted molar refractivity (Wildman–Crippen MR) is 104 cm³/mol. The summed E-state index contributed by atoms with van der Waals surface area (Å²) in [5, 5.41) is 6.89. The van der Waals surface area contributed by atoms with Crippen molar-refractivity contribution in [3.8, 4) is 0 Å². The van der Waals surface area contributed by atoms with Crippen LogP contribution in [0.1, 0.15) is 75.2 Å². The second kappa shape index (κ2) is 6.79. The summed E-state index contributed by atoms with van der Waals surface area (Å²) < 4.78 is 0. The van der Waals surface area contributed by atoms with Gasteiger partial charge in [-0.2, -0.15) is 0 Å². The maximum Gasteiger partial charge on any atom is 0.290 e. The number of allylic oxidation sites excluding steroid dienone is 2. The van der Waals surface area contributed by atoms with E-state index in [2.05, 4.69) is 23.3 Å². The van der Waals surface area contributed by atoms with E-state index >= 15 is 0 Å². The van der Waals surface area contributed by atoms with Crippen LogP contribution in [0.3, 0.4) is 0 Å². The molecular formula is C23H32N2O2. The first kappa shape index (κ1) is 17.5. The van der Waals surface area contributed by atoms with Gasteiger partial charge in [-0.3, -0.25) is 4.79 Å². The molecule has 5 saturated carbocycles. The summed E-state index contributed by atoms with van der Waals surface area (Å²) in [4.78, 5) is 16.9. The lowest BCUT2D eigenvalue weighted by atomic mass is 9.48. The SMILES string of the molecule is C1=CC2CC1CC2c1ncc(CCC23CC4CC(CC(C4)C2)C3)[nH]1.O=CO. The summed E-state index contributed by atoms with van der Waals surface area (Å²) in [6, 6.07) is 0. The predicted octanol–water partition coefficient (Wildman–Crippen LogP) is 4.94. The molecule has 4 nitrogen and oxygen atoms in total. The highest BCUT2D eigenvalue weighted by Gasteiger charge is 2.50. The number of aromatic amines is 1. The van der Waals surface area contributed by atoms with E-state index in [1.54, 1.807) is 19.3 Å². The van der Waals surface area contributed by atoms with Crippen molar-refractivity contribution in [2.75, 3.05) is 0 Å². The molecule has 7 rings (SSSR count). The zero-order chi connectivity index (χ0) is 18.4. The van der Waals surface area contributed by atoms with Crippen LogP contribution in [0.5, 0.6) is 0 Å². The van der Waals surface area contributed by atoms with Crippen LogP contribution in [0, 0.1) is 35.0 Å². The number of carbonyl (C=O) groups is 1. The lowest BCUT2D eigenvalue weighted by molar-refractivity contribution is -0.122. The monoisotopic (exact) mass is 368 g/mol. The molecule has 1 heterocycles. The van der Waals surface area contributed by atoms with Crippen LogP contribution >= 0.6 is 0 Å². The van der Waals surface area contributed by atoms with Crippen LogP contribution in [-0.2, 0) is 11.2 Å². The van der Waals surface area contributed by atoms with Crippen LogP contribution in [0.4, 0.5) is 0 Å². The minimum Gasteiger partial charge on any atom is -0.483 e. The normalized spacial score (nSPS) is 43.0. The lowest BCUT2D eigenvalue weighted by Gasteiger charge is -2.57. The quantitative estimate of drug-likeness (QED) is 0.584. The third-order valence-corrected chi connectivity index (χ3v) is 8.37. The highest BCUT2D eigenvalue weighted by Crippen LogP contribution is 2.61. The number of carboxylic acid groups (broad SMARTS) is 1. The van der Waals surface area contributed by atoms with Gasteiger partial charge in [0.1, 0.15) is 5.82 Å². The van der Waals surface area contributed by atoms with Crippen molar-refractivity contribution in [2.45, 2.75) is 70.1 Å². The third kappa shape index (κ3) is 3.25. The molecule has 3 atom stereocenters. The fourth-order valence-corrected chi connectivity index (χ4v) is 7.78. The summed E-state index contributed by atoms with van der Waals surface area (Å²) >= 11 is 0. The first-order valence-electron chi connectivity index (χ1n) is 11.0. The van der Waals surface area contributed by atoms with E-state index in [4.69, 9.17) is 14.9 Å². The molecule has 0 radical (unpaired) electrons. The molecule has 3 unspecified atom stereocenters. The highest BCUT2D eigenvalue weighted by atomic mass is 16.3. The molecule has 5 fully saturated rings.